The zero-order valence-corrected chi connectivity index (χ0v) is 11.2. The summed E-state index contributed by atoms with van der Waals surface area (Å²) in [5.41, 5.74) is 0.302. The van der Waals surface area contributed by atoms with Gasteiger partial charge >= 0.3 is 0 Å². The largest absolute Gasteiger partial charge is 0.293 e. The Bertz CT molecular complexity index is 714. The van der Waals surface area contributed by atoms with Gasteiger partial charge in [-0.15, -0.1) is 0 Å². The van der Waals surface area contributed by atoms with E-state index in [9.17, 15) is 18.5 Å². The molecule has 0 fully saturated rings. The molecule has 0 saturated carbocycles. The van der Waals surface area contributed by atoms with Gasteiger partial charge in [0.15, 0.2) is 0 Å². The van der Waals surface area contributed by atoms with Crippen LogP contribution in [0.15, 0.2) is 54.6 Å². The van der Waals surface area contributed by atoms with E-state index in [-0.39, 0.29) is 17.1 Å². The van der Waals surface area contributed by atoms with E-state index in [0.29, 0.717) is 5.56 Å². The molecule has 0 amide bonds. The molecule has 0 aromatic heterocycles. The summed E-state index contributed by atoms with van der Waals surface area (Å²) in [5.74, 6) is -0.236. The highest BCUT2D eigenvalue weighted by atomic mass is 32.2. The first kappa shape index (κ1) is 14.0. The van der Waals surface area contributed by atoms with Gasteiger partial charge in [0, 0.05) is 6.07 Å². The number of nitro groups is 1. The van der Waals surface area contributed by atoms with Crippen LogP contribution >= 0.6 is 0 Å². The van der Waals surface area contributed by atoms with E-state index >= 15 is 0 Å². The van der Waals surface area contributed by atoms with E-state index in [0.717, 1.165) is 0 Å². The maximum absolute atomic E-state index is 12.0. The molecule has 0 spiro atoms. The van der Waals surface area contributed by atoms with Crippen LogP contribution in [-0.2, 0) is 15.8 Å². The molecule has 20 heavy (non-hydrogen) atoms. The SMILES string of the molecule is O=[N+]([O-])c1ccccc1NS(=O)(=O)Cc1ccccc1. The van der Waals surface area contributed by atoms with Crippen molar-refractivity contribution in [3.8, 4) is 0 Å². The summed E-state index contributed by atoms with van der Waals surface area (Å²) in [6, 6.07) is 14.2. The second-order valence-electron chi connectivity index (χ2n) is 4.12. The fourth-order valence-corrected chi connectivity index (χ4v) is 2.93. The van der Waals surface area contributed by atoms with Crippen LogP contribution in [0.25, 0.3) is 0 Å². The Morgan fingerprint density at radius 1 is 1.00 bits per heavy atom. The van der Waals surface area contributed by atoms with Crippen LogP contribution in [0, 0.1) is 10.1 Å². The number of nitrogens with zero attached hydrogens (tertiary/aromatic N) is 1. The number of benzene rings is 2. The van der Waals surface area contributed by atoms with Gasteiger partial charge in [-0.2, -0.15) is 0 Å². The average molecular weight is 292 g/mol. The Hall–Kier alpha value is -2.41. The lowest BCUT2D eigenvalue weighted by Crippen LogP contribution is -2.15. The first-order chi connectivity index (χ1) is 9.48. The molecule has 7 heteroatoms. The number of rotatable bonds is 5. The number of hydrogen-bond acceptors (Lipinski definition) is 4. The predicted molar refractivity (Wildman–Crippen MR) is 75.8 cm³/mol. The first-order valence-corrected chi connectivity index (χ1v) is 7.41. The van der Waals surface area contributed by atoms with E-state index in [2.05, 4.69) is 4.72 Å². The molecule has 0 aliphatic rings. The molecule has 1 N–H and O–H groups in total. The van der Waals surface area contributed by atoms with Crippen LogP contribution in [0.5, 0.6) is 0 Å². The molecule has 0 atom stereocenters. The smallest absolute Gasteiger partial charge is 0.277 e. The Kier molecular flexibility index (Phi) is 3.99. The van der Waals surface area contributed by atoms with E-state index < -0.39 is 14.9 Å². The topological polar surface area (TPSA) is 89.3 Å². The molecule has 0 heterocycles. The fourth-order valence-electron chi connectivity index (χ4n) is 1.72. The normalized spacial score (nSPS) is 11.0. The van der Waals surface area contributed by atoms with Crippen LogP contribution in [0.2, 0.25) is 0 Å². The lowest BCUT2D eigenvalue weighted by atomic mass is 10.2. The van der Waals surface area contributed by atoms with Crippen molar-refractivity contribution in [1.29, 1.82) is 0 Å². The minimum Gasteiger partial charge on any atom is -0.277 e. The Balaban J connectivity index is 2.23. The summed E-state index contributed by atoms with van der Waals surface area (Å²) < 4.78 is 26.3. The standard InChI is InChI=1S/C13H12N2O4S/c16-15(17)13-9-5-4-8-12(13)14-20(18,19)10-11-6-2-1-3-7-11/h1-9,14H,10H2. The van der Waals surface area contributed by atoms with Crippen molar-refractivity contribution >= 4 is 21.4 Å². The maximum Gasteiger partial charge on any atom is 0.293 e. The lowest BCUT2D eigenvalue weighted by molar-refractivity contribution is -0.383. The molecular weight excluding hydrogens is 280 g/mol. The molecule has 2 aromatic rings. The number of nitrogens with one attached hydrogen (secondary N) is 1. The van der Waals surface area contributed by atoms with Gasteiger partial charge in [0.25, 0.3) is 5.69 Å². The number of sulfonamides is 1. The zero-order valence-electron chi connectivity index (χ0n) is 10.4. The summed E-state index contributed by atoms with van der Waals surface area (Å²) in [4.78, 5) is 10.2. The molecule has 2 aromatic carbocycles. The Morgan fingerprint density at radius 3 is 2.25 bits per heavy atom. The molecule has 6 nitrogen and oxygen atoms in total. The van der Waals surface area contributed by atoms with Crippen LogP contribution < -0.4 is 4.72 Å². The fraction of sp³-hybridized carbons (Fsp3) is 0.0769. The van der Waals surface area contributed by atoms with Crippen LogP contribution in [-0.4, -0.2) is 13.3 Å². The number of anilines is 1. The number of hydrogen-bond donors (Lipinski definition) is 1. The van der Waals surface area contributed by atoms with Gasteiger partial charge in [-0.05, 0) is 11.6 Å². The molecule has 104 valence electrons. The number of para-hydroxylation sites is 2. The van der Waals surface area contributed by atoms with Gasteiger partial charge in [0.2, 0.25) is 10.0 Å². The molecule has 0 bridgehead atoms. The third-order valence-corrected chi connectivity index (χ3v) is 3.81. The van der Waals surface area contributed by atoms with Gasteiger partial charge in [-0.25, -0.2) is 8.42 Å². The zero-order chi connectivity index (χ0) is 14.6. The summed E-state index contributed by atoms with van der Waals surface area (Å²) in [6.45, 7) is 0. The average Bonchev–Trinajstić information content (AvgIpc) is 2.39. The third-order valence-electron chi connectivity index (χ3n) is 2.57. The minimum atomic E-state index is -3.70. The van der Waals surface area contributed by atoms with Crippen molar-refractivity contribution in [1.82, 2.24) is 0 Å². The van der Waals surface area contributed by atoms with Gasteiger partial charge in [-0.3, -0.25) is 14.8 Å². The quantitative estimate of drug-likeness (QED) is 0.677. The summed E-state index contributed by atoms with van der Waals surface area (Å²) in [5, 5.41) is 10.8. The monoisotopic (exact) mass is 292 g/mol. The van der Waals surface area contributed by atoms with Gasteiger partial charge < -0.3 is 0 Å². The maximum atomic E-state index is 12.0. The van der Waals surface area contributed by atoms with Crippen molar-refractivity contribution in [3.05, 3.63) is 70.3 Å². The van der Waals surface area contributed by atoms with E-state index in [1.54, 1.807) is 30.3 Å². The van der Waals surface area contributed by atoms with Crippen LogP contribution in [0.3, 0.4) is 0 Å². The second kappa shape index (κ2) is 5.70. The van der Waals surface area contributed by atoms with E-state index in [4.69, 9.17) is 0 Å². The molecule has 0 aliphatic heterocycles. The highest BCUT2D eigenvalue weighted by Gasteiger charge is 2.18. The van der Waals surface area contributed by atoms with Crippen molar-refractivity contribution in [2.24, 2.45) is 0 Å². The Morgan fingerprint density at radius 2 is 1.60 bits per heavy atom. The third kappa shape index (κ3) is 3.55. The summed E-state index contributed by atoms with van der Waals surface area (Å²) in [6.07, 6.45) is 0. The van der Waals surface area contributed by atoms with Crippen molar-refractivity contribution < 1.29 is 13.3 Å². The second-order valence-corrected chi connectivity index (χ2v) is 5.84. The van der Waals surface area contributed by atoms with E-state index in [1.165, 1.54) is 24.3 Å². The van der Waals surface area contributed by atoms with Crippen molar-refractivity contribution in [2.75, 3.05) is 4.72 Å². The van der Waals surface area contributed by atoms with Crippen molar-refractivity contribution in [2.45, 2.75) is 5.75 Å². The molecular formula is C13H12N2O4S. The highest BCUT2D eigenvalue weighted by Crippen LogP contribution is 2.24. The van der Waals surface area contributed by atoms with Crippen molar-refractivity contribution in [3.63, 3.8) is 0 Å². The minimum absolute atomic E-state index is 0.0339. The van der Waals surface area contributed by atoms with Crippen LogP contribution in [0.1, 0.15) is 5.56 Å². The van der Waals surface area contributed by atoms with E-state index in [1.807, 2.05) is 0 Å². The molecule has 0 aliphatic carbocycles. The molecule has 0 saturated heterocycles. The Labute approximate surface area is 116 Å². The van der Waals surface area contributed by atoms with Gasteiger partial charge in [0.1, 0.15) is 5.69 Å². The van der Waals surface area contributed by atoms with Gasteiger partial charge in [-0.1, -0.05) is 42.5 Å². The molecule has 0 radical (unpaired) electrons. The predicted octanol–water partition coefficient (Wildman–Crippen LogP) is 2.54. The van der Waals surface area contributed by atoms with Crippen LogP contribution in [0.4, 0.5) is 11.4 Å². The number of nitro benzene ring substituents is 1. The van der Waals surface area contributed by atoms with Gasteiger partial charge in [0.05, 0.1) is 10.7 Å². The highest BCUT2D eigenvalue weighted by molar-refractivity contribution is 7.91. The summed E-state index contributed by atoms with van der Waals surface area (Å²) in [7, 11) is -3.70. The molecule has 0 unspecified atom stereocenters. The first-order valence-electron chi connectivity index (χ1n) is 5.76. The lowest BCUT2D eigenvalue weighted by Gasteiger charge is -2.08. The molecule has 2 rings (SSSR count). The summed E-state index contributed by atoms with van der Waals surface area (Å²) >= 11 is 0.